The van der Waals surface area contributed by atoms with Gasteiger partial charge in [0.1, 0.15) is 5.60 Å². The van der Waals surface area contributed by atoms with Gasteiger partial charge in [0.2, 0.25) is 0 Å². The second kappa shape index (κ2) is 6.69. The van der Waals surface area contributed by atoms with Crippen LogP contribution in [0.3, 0.4) is 0 Å². The Balaban J connectivity index is 1.92. The average Bonchev–Trinajstić information content (AvgIpc) is 2.45. The Morgan fingerprint density at radius 3 is 2.41 bits per heavy atom. The quantitative estimate of drug-likeness (QED) is 0.907. The fraction of sp³-hybridized carbons (Fsp3) is 0.611. The predicted molar refractivity (Wildman–Crippen MR) is 88.6 cm³/mol. The first-order valence-electron chi connectivity index (χ1n) is 8.07. The number of ether oxygens (including phenoxy) is 1. The highest BCUT2D eigenvalue weighted by atomic mass is 16.6. The van der Waals surface area contributed by atoms with Crippen LogP contribution >= 0.6 is 0 Å². The van der Waals surface area contributed by atoms with E-state index < -0.39 is 5.60 Å². The molecular formula is C18H28N2O2. The Kier molecular flexibility index (Phi) is 5.12. The van der Waals surface area contributed by atoms with Crippen molar-refractivity contribution in [2.24, 2.45) is 11.7 Å². The summed E-state index contributed by atoms with van der Waals surface area (Å²) in [6.07, 6.45) is 1.64. The molecule has 1 aromatic rings. The molecule has 1 heterocycles. The first kappa shape index (κ1) is 16.8. The number of nitrogens with zero attached hydrogens (tertiary/aromatic N) is 1. The lowest BCUT2D eigenvalue weighted by molar-refractivity contribution is 0.0174. The predicted octanol–water partition coefficient (Wildman–Crippen LogP) is 3.64. The molecule has 4 nitrogen and oxygen atoms in total. The second-order valence-corrected chi connectivity index (χ2v) is 7.19. The summed E-state index contributed by atoms with van der Waals surface area (Å²) in [6.45, 7) is 9.23. The Hall–Kier alpha value is -1.55. The van der Waals surface area contributed by atoms with Crippen LogP contribution in [-0.2, 0) is 4.74 Å². The summed E-state index contributed by atoms with van der Waals surface area (Å²) in [5.41, 5.74) is 8.48. The molecule has 1 saturated heterocycles. The van der Waals surface area contributed by atoms with Crippen LogP contribution in [0.5, 0.6) is 0 Å². The number of rotatable bonds is 2. The van der Waals surface area contributed by atoms with E-state index in [2.05, 4.69) is 19.1 Å². The number of aryl methyl sites for hydroxylation is 1. The molecule has 0 aliphatic carbocycles. The monoisotopic (exact) mass is 304 g/mol. The summed E-state index contributed by atoms with van der Waals surface area (Å²) >= 11 is 0. The van der Waals surface area contributed by atoms with Crippen molar-refractivity contribution in [1.29, 1.82) is 0 Å². The maximum absolute atomic E-state index is 12.1. The SMILES string of the molecule is Cc1ccccc1C(N)C1CCN(C(=O)OC(C)(C)C)CC1. The number of hydrogen-bond donors (Lipinski definition) is 1. The number of carbonyl (C=O) groups is 1. The summed E-state index contributed by atoms with van der Waals surface area (Å²) in [5.74, 6) is 0.416. The van der Waals surface area contributed by atoms with Gasteiger partial charge in [0, 0.05) is 19.1 Å². The van der Waals surface area contributed by atoms with Gasteiger partial charge in [0.25, 0.3) is 0 Å². The van der Waals surface area contributed by atoms with Crippen molar-refractivity contribution in [3.05, 3.63) is 35.4 Å². The topological polar surface area (TPSA) is 55.6 Å². The molecule has 1 aliphatic rings. The van der Waals surface area contributed by atoms with Gasteiger partial charge in [-0.15, -0.1) is 0 Å². The molecule has 1 amide bonds. The molecule has 22 heavy (non-hydrogen) atoms. The maximum atomic E-state index is 12.1. The number of carbonyl (C=O) groups excluding carboxylic acids is 1. The van der Waals surface area contributed by atoms with E-state index in [4.69, 9.17) is 10.5 Å². The summed E-state index contributed by atoms with van der Waals surface area (Å²) in [7, 11) is 0. The molecule has 1 aromatic carbocycles. The van der Waals surface area contributed by atoms with Gasteiger partial charge in [-0.3, -0.25) is 0 Å². The minimum absolute atomic E-state index is 0.0435. The molecule has 122 valence electrons. The third-order valence-corrected chi connectivity index (χ3v) is 4.25. The molecule has 0 aromatic heterocycles. The lowest BCUT2D eigenvalue weighted by atomic mass is 9.84. The van der Waals surface area contributed by atoms with E-state index in [0.29, 0.717) is 5.92 Å². The van der Waals surface area contributed by atoms with Gasteiger partial charge in [-0.2, -0.15) is 0 Å². The molecule has 0 bridgehead atoms. The summed E-state index contributed by atoms with van der Waals surface area (Å²) in [6, 6.07) is 8.34. The van der Waals surface area contributed by atoms with Crippen LogP contribution in [0, 0.1) is 12.8 Å². The van der Waals surface area contributed by atoms with Gasteiger partial charge in [-0.25, -0.2) is 4.79 Å². The molecule has 0 saturated carbocycles. The van der Waals surface area contributed by atoms with Gasteiger partial charge < -0.3 is 15.4 Å². The van der Waals surface area contributed by atoms with Crippen LogP contribution in [0.25, 0.3) is 0 Å². The van der Waals surface area contributed by atoms with Crippen LogP contribution < -0.4 is 5.73 Å². The smallest absolute Gasteiger partial charge is 0.410 e. The van der Waals surface area contributed by atoms with Crippen LogP contribution in [0.4, 0.5) is 4.79 Å². The fourth-order valence-electron chi connectivity index (χ4n) is 2.98. The number of hydrogen-bond acceptors (Lipinski definition) is 3. The number of amides is 1. The minimum Gasteiger partial charge on any atom is -0.444 e. The first-order chi connectivity index (χ1) is 10.3. The maximum Gasteiger partial charge on any atom is 0.410 e. The molecule has 4 heteroatoms. The molecule has 2 N–H and O–H groups in total. The number of piperidine rings is 1. The van der Waals surface area contributed by atoms with Gasteiger partial charge in [-0.05, 0) is 57.6 Å². The largest absolute Gasteiger partial charge is 0.444 e. The molecule has 2 rings (SSSR count). The zero-order chi connectivity index (χ0) is 16.3. The van der Waals surface area contributed by atoms with Crippen molar-refractivity contribution < 1.29 is 9.53 Å². The highest BCUT2D eigenvalue weighted by Gasteiger charge is 2.30. The number of nitrogens with two attached hydrogens (primary N) is 1. The van der Waals surface area contributed by atoms with Crippen molar-refractivity contribution >= 4 is 6.09 Å². The van der Waals surface area contributed by atoms with Crippen LogP contribution in [0.1, 0.15) is 50.8 Å². The Morgan fingerprint density at radius 2 is 1.86 bits per heavy atom. The van der Waals surface area contributed by atoms with Gasteiger partial charge >= 0.3 is 6.09 Å². The van der Waals surface area contributed by atoms with Crippen molar-refractivity contribution in [3.63, 3.8) is 0 Å². The molecule has 0 radical (unpaired) electrons. The van der Waals surface area contributed by atoms with E-state index >= 15 is 0 Å². The Labute approximate surface area is 133 Å². The Morgan fingerprint density at radius 1 is 1.27 bits per heavy atom. The Bertz CT molecular complexity index is 514. The van der Waals surface area contributed by atoms with Gasteiger partial charge in [0.15, 0.2) is 0 Å². The lowest BCUT2D eigenvalue weighted by Crippen LogP contribution is -2.43. The molecule has 1 atom stereocenters. The van der Waals surface area contributed by atoms with E-state index in [0.717, 1.165) is 25.9 Å². The molecular weight excluding hydrogens is 276 g/mol. The minimum atomic E-state index is -0.439. The first-order valence-corrected chi connectivity index (χ1v) is 8.07. The van der Waals surface area contributed by atoms with Crippen molar-refractivity contribution in [2.45, 2.75) is 52.2 Å². The van der Waals surface area contributed by atoms with E-state index in [1.54, 1.807) is 4.90 Å². The molecule has 1 fully saturated rings. The van der Waals surface area contributed by atoms with E-state index in [1.807, 2.05) is 32.9 Å². The molecule has 1 unspecified atom stereocenters. The summed E-state index contributed by atoms with van der Waals surface area (Å²) < 4.78 is 5.43. The zero-order valence-electron chi connectivity index (χ0n) is 14.1. The van der Waals surface area contributed by atoms with E-state index in [9.17, 15) is 4.79 Å². The highest BCUT2D eigenvalue weighted by molar-refractivity contribution is 5.68. The average molecular weight is 304 g/mol. The summed E-state index contributed by atoms with van der Waals surface area (Å²) in [5, 5.41) is 0. The highest BCUT2D eigenvalue weighted by Crippen LogP contribution is 2.30. The van der Waals surface area contributed by atoms with Crippen molar-refractivity contribution in [2.75, 3.05) is 13.1 Å². The normalized spacial score (nSPS) is 18.1. The fourth-order valence-corrected chi connectivity index (χ4v) is 2.98. The van der Waals surface area contributed by atoms with Crippen LogP contribution in [0.2, 0.25) is 0 Å². The standard InChI is InChI=1S/C18H28N2O2/c1-13-7-5-6-8-15(13)16(19)14-9-11-20(12-10-14)17(21)22-18(2,3)4/h5-8,14,16H,9-12,19H2,1-4H3. The third-order valence-electron chi connectivity index (χ3n) is 4.25. The second-order valence-electron chi connectivity index (χ2n) is 7.19. The van der Waals surface area contributed by atoms with Gasteiger partial charge in [-0.1, -0.05) is 24.3 Å². The number of likely N-dealkylation sites (tertiary alicyclic amines) is 1. The third kappa shape index (κ3) is 4.23. The molecule has 0 spiro atoms. The van der Waals surface area contributed by atoms with E-state index in [-0.39, 0.29) is 12.1 Å². The van der Waals surface area contributed by atoms with Crippen LogP contribution in [-0.4, -0.2) is 29.7 Å². The van der Waals surface area contributed by atoms with Crippen molar-refractivity contribution in [3.8, 4) is 0 Å². The lowest BCUT2D eigenvalue weighted by Gasteiger charge is -2.36. The molecule has 1 aliphatic heterocycles. The van der Waals surface area contributed by atoms with Gasteiger partial charge in [0.05, 0.1) is 0 Å². The van der Waals surface area contributed by atoms with Crippen LogP contribution in [0.15, 0.2) is 24.3 Å². The summed E-state index contributed by atoms with van der Waals surface area (Å²) in [4.78, 5) is 13.9. The number of benzene rings is 1. The van der Waals surface area contributed by atoms with Crippen molar-refractivity contribution in [1.82, 2.24) is 4.90 Å². The zero-order valence-corrected chi connectivity index (χ0v) is 14.1. The van der Waals surface area contributed by atoms with E-state index in [1.165, 1.54) is 11.1 Å².